The fraction of sp³-hybridized carbons (Fsp3) is 0.593. The molecule has 4 aliphatic rings. The lowest BCUT2D eigenvalue weighted by Gasteiger charge is -2.47. The van der Waals surface area contributed by atoms with Crippen molar-refractivity contribution in [2.75, 3.05) is 20.2 Å². The van der Waals surface area contributed by atoms with E-state index in [9.17, 15) is 14.4 Å². The van der Waals surface area contributed by atoms with Crippen molar-refractivity contribution in [1.29, 1.82) is 0 Å². The van der Waals surface area contributed by atoms with E-state index >= 15 is 0 Å². The highest BCUT2D eigenvalue weighted by Gasteiger charge is 2.70. The molecule has 2 N–H and O–H groups in total. The molecule has 3 fully saturated rings. The van der Waals surface area contributed by atoms with Crippen LogP contribution >= 0.6 is 0 Å². The molecule has 1 aliphatic carbocycles. The Labute approximate surface area is 205 Å². The largest absolute Gasteiger partial charge is 0.497 e. The minimum absolute atomic E-state index is 0.0209. The first kappa shape index (κ1) is 22.4. The number of methoxy groups -OCH3 is 1. The molecule has 4 atom stereocenters. The van der Waals surface area contributed by atoms with Gasteiger partial charge in [0.2, 0.25) is 17.7 Å². The number of ether oxygens (including phenoxy) is 1. The summed E-state index contributed by atoms with van der Waals surface area (Å²) in [4.78, 5) is 48.2. The Balaban J connectivity index is 1.37. The van der Waals surface area contributed by atoms with Crippen LogP contribution in [0.5, 0.6) is 5.75 Å². The second kappa shape index (κ2) is 8.00. The van der Waals surface area contributed by atoms with Crippen molar-refractivity contribution in [3.05, 3.63) is 29.5 Å². The van der Waals surface area contributed by atoms with Gasteiger partial charge in [0.25, 0.3) is 0 Å². The number of piperazine rings is 1. The number of piperidine rings is 1. The smallest absolute Gasteiger partial charge is 0.250 e. The Morgan fingerprint density at radius 2 is 1.97 bits per heavy atom. The van der Waals surface area contributed by atoms with Gasteiger partial charge in [0.15, 0.2) is 0 Å². The molecule has 4 heterocycles. The van der Waals surface area contributed by atoms with E-state index in [0.717, 1.165) is 66.7 Å². The number of hydrogen-bond acceptors (Lipinski definition) is 4. The monoisotopic (exact) mass is 478 g/mol. The molecule has 8 nitrogen and oxygen atoms in total. The standard InChI is InChI=1S/C27H34N4O4/c1-15(2)11-21-23-18(17-8-7-16(35-3)12-20(17)28-23)13-22-24(32)29-27(26(34)31(21)22)14-19(27)25(33)30-9-5-4-6-10-30/h7-8,12,15,19,21-22,28H,4-6,9-11,13-14H2,1-3H3,(H,29,32)/t19?,21-,22-,27?/m0/s1. The molecule has 1 spiro atoms. The zero-order chi connectivity index (χ0) is 24.5. The van der Waals surface area contributed by atoms with Crippen LogP contribution in [0.2, 0.25) is 0 Å². The SMILES string of the molecule is COc1ccc2c3c([nH]c2c1)[C@H](CC(C)C)N1C(=O)C2(CC2C(=O)N2CCCCC2)NC(=O)[C@@H]1C3. The number of amides is 3. The Morgan fingerprint density at radius 3 is 2.69 bits per heavy atom. The van der Waals surface area contributed by atoms with Crippen molar-refractivity contribution < 1.29 is 19.1 Å². The summed E-state index contributed by atoms with van der Waals surface area (Å²) in [6.45, 7) is 5.77. The molecule has 0 bridgehead atoms. The third-order valence-corrected chi connectivity index (χ3v) is 8.43. The lowest BCUT2D eigenvalue weighted by Crippen LogP contribution is -2.68. The van der Waals surface area contributed by atoms with Crippen LogP contribution in [0.1, 0.15) is 63.3 Å². The number of likely N-dealkylation sites (tertiary alicyclic amines) is 1. The van der Waals surface area contributed by atoms with Gasteiger partial charge in [-0.15, -0.1) is 0 Å². The first-order valence-corrected chi connectivity index (χ1v) is 13.0. The van der Waals surface area contributed by atoms with Crippen LogP contribution < -0.4 is 10.1 Å². The molecule has 186 valence electrons. The molecular weight excluding hydrogens is 444 g/mol. The number of nitrogens with zero attached hydrogens (tertiary/aromatic N) is 2. The zero-order valence-corrected chi connectivity index (χ0v) is 20.7. The number of aromatic amines is 1. The average molecular weight is 479 g/mol. The third kappa shape index (κ3) is 3.36. The lowest BCUT2D eigenvalue weighted by molar-refractivity contribution is -0.156. The number of nitrogens with one attached hydrogen (secondary N) is 2. The summed E-state index contributed by atoms with van der Waals surface area (Å²) in [6, 6.07) is 5.14. The molecular formula is C27H34N4O4. The summed E-state index contributed by atoms with van der Waals surface area (Å²) in [5.74, 6) is 0.426. The van der Waals surface area contributed by atoms with Crippen molar-refractivity contribution in [2.45, 2.75) is 70.0 Å². The Bertz CT molecular complexity index is 1210. The van der Waals surface area contributed by atoms with Gasteiger partial charge in [0.1, 0.15) is 17.3 Å². The van der Waals surface area contributed by atoms with E-state index in [1.165, 1.54) is 0 Å². The number of carbonyl (C=O) groups is 3. The zero-order valence-electron chi connectivity index (χ0n) is 20.7. The Kier molecular flexibility index (Phi) is 5.13. The van der Waals surface area contributed by atoms with Gasteiger partial charge in [0.05, 0.1) is 19.1 Å². The van der Waals surface area contributed by atoms with E-state index in [2.05, 4.69) is 24.1 Å². The maximum Gasteiger partial charge on any atom is 0.250 e. The van der Waals surface area contributed by atoms with Crippen LogP contribution in [0.15, 0.2) is 18.2 Å². The van der Waals surface area contributed by atoms with E-state index in [0.29, 0.717) is 18.8 Å². The number of aromatic nitrogens is 1. The van der Waals surface area contributed by atoms with Crippen molar-refractivity contribution in [2.24, 2.45) is 11.8 Å². The molecule has 2 aromatic rings. The molecule has 1 aromatic heterocycles. The van der Waals surface area contributed by atoms with Crippen LogP contribution in [-0.2, 0) is 20.8 Å². The number of hydrogen-bond donors (Lipinski definition) is 2. The Hall–Kier alpha value is -3.03. The molecule has 3 amide bonds. The van der Waals surface area contributed by atoms with Crippen LogP contribution in [0, 0.1) is 11.8 Å². The molecule has 2 unspecified atom stereocenters. The fourth-order valence-electron chi connectivity index (χ4n) is 6.57. The second-order valence-corrected chi connectivity index (χ2v) is 11.1. The van der Waals surface area contributed by atoms with E-state index in [1.54, 1.807) is 7.11 Å². The highest BCUT2D eigenvalue weighted by atomic mass is 16.5. The highest BCUT2D eigenvalue weighted by molar-refractivity contribution is 6.08. The first-order valence-electron chi connectivity index (χ1n) is 13.0. The topological polar surface area (TPSA) is 94.7 Å². The number of fused-ring (bicyclic) bond motifs is 4. The van der Waals surface area contributed by atoms with Gasteiger partial charge >= 0.3 is 0 Å². The second-order valence-electron chi connectivity index (χ2n) is 11.1. The van der Waals surface area contributed by atoms with Crippen molar-refractivity contribution in [3.63, 3.8) is 0 Å². The lowest BCUT2D eigenvalue weighted by atomic mass is 9.84. The van der Waals surface area contributed by atoms with Gasteiger partial charge in [-0.05, 0) is 55.7 Å². The first-order chi connectivity index (χ1) is 16.8. The summed E-state index contributed by atoms with van der Waals surface area (Å²) in [6.07, 6.45) is 4.76. The van der Waals surface area contributed by atoms with Gasteiger partial charge in [-0.1, -0.05) is 13.8 Å². The van der Waals surface area contributed by atoms with Crippen molar-refractivity contribution in [3.8, 4) is 5.75 Å². The molecule has 6 rings (SSSR count). The highest BCUT2D eigenvalue weighted by Crippen LogP contribution is 2.52. The van der Waals surface area contributed by atoms with Gasteiger partial charge in [-0.3, -0.25) is 14.4 Å². The van der Waals surface area contributed by atoms with Crippen LogP contribution in [0.25, 0.3) is 10.9 Å². The van der Waals surface area contributed by atoms with Crippen LogP contribution in [0.4, 0.5) is 0 Å². The van der Waals surface area contributed by atoms with Gasteiger partial charge in [0, 0.05) is 42.2 Å². The minimum atomic E-state index is -1.08. The number of carbonyl (C=O) groups excluding carboxylic acids is 3. The van der Waals surface area contributed by atoms with E-state index in [4.69, 9.17) is 4.74 Å². The Morgan fingerprint density at radius 1 is 1.20 bits per heavy atom. The molecule has 3 aliphatic heterocycles. The number of rotatable bonds is 4. The predicted octanol–water partition coefficient (Wildman–Crippen LogP) is 2.92. The molecule has 1 aromatic carbocycles. The van der Waals surface area contributed by atoms with E-state index < -0.39 is 17.5 Å². The quantitative estimate of drug-likeness (QED) is 0.707. The van der Waals surface area contributed by atoms with Crippen LogP contribution in [0.3, 0.4) is 0 Å². The van der Waals surface area contributed by atoms with E-state index in [-0.39, 0.29) is 23.8 Å². The third-order valence-electron chi connectivity index (χ3n) is 8.43. The van der Waals surface area contributed by atoms with Crippen molar-refractivity contribution >= 4 is 28.6 Å². The molecule has 0 radical (unpaired) electrons. The van der Waals surface area contributed by atoms with Gasteiger partial charge in [-0.2, -0.15) is 0 Å². The molecule has 2 saturated heterocycles. The van der Waals surface area contributed by atoms with Crippen LogP contribution in [-0.4, -0.2) is 64.3 Å². The fourth-order valence-corrected chi connectivity index (χ4v) is 6.57. The summed E-state index contributed by atoms with van der Waals surface area (Å²) in [5.41, 5.74) is 1.99. The number of benzene rings is 1. The maximum absolute atomic E-state index is 14.1. The van der Waals surface area contributed by atoms with Gasteiger partial charge in [-0.25, -0.2) is 0 Å². The van der Waals surface area contributed by atoms with E-state index in [1.807, 2.05) is 28.0 Å². The van der Waals surface area contributed by atoms with Gasteiger partial charge < -0.3 is 24.8 Å². The predicted molar refractivity (Wildman–Crippen MR) is 131 cm³/mol. The molecule has 35 heavy (non-hydrogen) atoms. The molecule has 1 saturated carbocycles. The summed E-state index contributed by atoms with van der Waals surface area (Å²) >= 11 is 0. The molecule has 8 heteroatoms. The summed E-state index contributed by atoms with van der Waals surface area (Å²) in [5, 5.41) is 4.11. The number of H-pyrrole nitrogens is 1. The average Bonchev–Trinajstić information content (AvgIpc) is 3.45. The maximum atomic E-state index is 14.1. The summed E-state index contributed by atoms with van der Waals surface area (Å²) < 4.78 is 5.41. The van der Waals surface area contributed by atoms with Crippen molar-refractivity contribution in [1.82, 2.24) is 20.1 Å². The summed E-state index contributed by atoms with van der Waals surface area (Å²) in [7, 11) is 1.64. The normalized spacial score (nSPS) is 29.9. The minimum Gasteiger partial charge on any atom is -0.497 e.